The predicted molar refractivity (Wildman–Crippen MR) is 100 cm³/mol. The van der Waals surface area contributed by atoms with Crippen LogP contribution in [-0.4, -0.2) is 34.3 Å². The van der Waals surface area contributed by atoms with Crippen molar-refractivity contribution in [2.24, 2.45) is 11.7 Å². The standard InChI is InChI=1S/C20H22FN3O3/c1-10-6-13-16-11(7-14(19(26)27)18(25)24(10)16)8-15(21)17(13)23-5-2-12(9-23)20(22)3-4-20/h7-8,10,12H,2-6,9,22H2,1H3,(H,26,27)/t10-,12+/m0/s1. The Morgan fingerprint density at radius 2 is 2.11 bits per heavy atom. The molecular weight excluding hydrogens is 349 g/mol. The van der Waals surface area contributed by atoms with Crippen molar-refractivity contribution in [3.8, 4) is 0 Å². The van der Waals surface area contributed by atoms with Crippen molar-refractivity contribution in [3.63, 3.8) is 0 Å². The van der Waals surface area contributed by atoms with Crippen molar-refractivity contribution in [1.29, 1.82) is 0 Å². The topological polar surface area (TPSA) is 88.6 Å². The second-order valence-electron chi connectivity index (χ2n) is 8.38. The van der Waals surface area contributed by atoms with Crippen molar-refractivity contribution in [1.82, 2.24) is 4.57 Å². The summed E-state index contributed by atoms with van der Waals surface area (Å²) in [6.45, 7) is 3.36. The van der Waals surface area contributed by atoms with Crippen LogP contribution in [-0.2, 0) is 6.42 Å². The van der Waals surface area contributed by atoms with Crippen LogP contribution >= 0.6 is 0 Å². The third kappa shape index (κ3) is 2.27. The Hall–Kier alpha value is -2.41. The van der Waals surface area contributed by atoms with E-state index in [4.69, 9.17) is 5.73 Å². The van der Waals surface area contributed by atoms with Gasteiger partial charge in [-0.2, -0.15) is 0 Å². The van der Waals surface area contributed by atoms with Gasteiger partial charge in [0.25, 0.3) is 5.56 Å². The summed E-state index contributed by atoms with van der Waals surface area (Å²) in [5.41, 5.74) is 7.50. The van der Waals surface area contributed by atoms with Crippen LogP contribution in [0.5, 0.6) is 0 Å². The number of halogens is 1. The molecule has 0 amide bonds. The van der Waals surface area contributed by atoms with E-state index in [1.54, 1.807) is 0 Å². The molecule has 5 rings (SSSR count). The molecule has 27 heavy (non-hydrogen) atoms. The lowest BCUT2D eigenvalue weighted by atomic mass is 9.97. The van der Waals surface area contributed by atoms with Gasteiger partial charge in [-0.05, 0) is 50.7 Å². The van der Waals surface area contributed by atoms with E-state index in [9.17, 15) is 14.7 Å². The SMILES string of the molecule is C[C@H]1Cc2c(N3CC[C@@H](C4(N)CC4)C3)c(F)cc3cc(C(=O)O)c(=O)n1c23. The fraction of sp³-hybridized carbons (Fsp3) is 0.500. The van der Waals surface area contributed by atoms with E-state index in [1.807, 2.05) is 6.92 Å². The molecule has 6 nitrogen and oxygen atoms in total. The number of carboxylic acid groups (broad SMARTS) is 1. The Labute approximate surface area is 155 Å². The van der Waals surface area contributed by atoms with Crippen molar-refractivity contribution >= 4 is 22.6 Å². The summed E-state index contributed by atoms with van der Waals surface area (Å²) in [5, 5.41) is 9.80. The maximum atomic E-state index is 15.1. The fourth-order valence-electron chi connectivity index (χ4n) is 5.03. The van der Waals surface area contributed by atoms with Crippen LogP contribution in [0.25, 0.3) is 10.9 Å². The van der Waals surface area contributed by atoms with E-state index in [2.05, 4.69) is 4.90 Å². The van der Waals surface area contributed by atoms with Gasteiger partial charge in [0, 0.05) is 35.6 Å². The second kappa shape index (κ2) is 5.32. The van der Waals surface area contributed by atoms with Gasteiger partial charge in [0.05, 0.1) is 11.2 Å². The maximum Gasteiger partial charge on any atom is 0.341 e. The quantitative estimate of drug-likeness (QED) is 0.864. The van der Waals surface area contributed by atoms with Crippen molar-refractivity contribution in [2.75, 3.05) is 18.0 Å². The summed E-state index contributed by atoms with van der Waals surface area (Å²) < 4.78 is 16.7. The third-order valence-corrected chi connectivity index (χ3v) is 6.66. The number of carbonyl (C=O) groups is 1. The largest absolute Gasteiger partial charge is 0.477 e. The Morgan fingerprint density at radius 3 is 2.78 bits per heavy atom. The minimum atomic E-state index is -1.28. The monoisotopic (exact) mass is 371 g/mol. The molecule has 7 heteroatoms. The normalized spacial score (nSPS) is 25.4. The highest BCUT2D eigenvalue weighted by Crippen LogP contribution is 2.46. The smallest absolute Gasteiger partial charge is 0.341 e. The van der Waals surface area contributed by atoms with Crippen molar-refractivity contribution in [2.45, 2.75) is 44.2 Å². The first-order valence-electron chi connectivity index (χ1n) is 9.48. The first-order chi connectivity index (χ1) is 12.8. The summed E-state index contributed by atoms with van der Waals surface area (Å²) in [4.78, 5) is 26.2. The first-order valence-corrected chi connectivity index (χ1v) is 9.48. The zero-order valence-corrected chi connectivity index (χ0v) is 15.2. The number of nitrogens with zero attached hydrogens (tertiary/aromatic N) is 2. The number of pyridine rings is 1. The number of benzene rings is 1. The highest BCUT2D eigenvalue weighted by atomic mass is 19.1. The summed E-state index contributed by atoms with van der Waals surface area (Å²) in [7, 11) is 0. The average Bonchev–Trinajstić information content (AvgIpc) is 3.03. The summed E-state index contributed by atoms with van der Waals surface area (Å²) >= 11 is 0. The van der Waals surface area contributed by atoms with E-state index in [-0.39, 0.29) is 23.0 Å². The molecule has 2 fully saturated rings. The summed E-state index contributed by atoms with van der Waals surface area (Å²) in [6, 6.07) is 2.48. The molecule has 1 aliphatic carbocycles. The van der Waals surface area contributed by atoms with Crippen LogP contribution in [0.1, 0.15) is 48.1 Å². The summed E-state index contributed by atoms with van der Waals surface area (Å²) in [6.07, 6.45) is 3.55. The lowest BCUT2D eigenvalue weighted by Crippen LogP contribution is -2.34. The zero-order valence-electron chi connectivity index (χ0n) is 15.2. The third-order valence-electron chi connectivity index (χ3n) is 6.66. The molecule has 0 unspecified atom stereocenters. The number of aromatic nitrogens is 1. The molecule has 142 valence electrons. The number of hydrogen-bond acceptors (Lipinski definition) is 4. The number of aromatic carboxylic acids is 1. The maximum absolute atomic E-state index is 15.1. The highest BCUT2D eigenvalue weighted by Gasteiger charge is 2.48. The number of anilines is 1. The van der Waals surface area contributed by atoms with Crippen LogP contribution in [0.3, 0.4) is 0 Å². The molecule has 3 heterocycles. The van der Waals surface area contributed by atoms with E-state index >= 15 is 4.39 Å². The molecule has 3 aliphatic rings. The van der Waals surface area contributed by atoms with Crippen LogP contribution in [0.2, 0.25) is 0 Å². The van der Waals surface area contributed by atoms with Gasteiger partial charge in [-0.3, -0.25) is 4.79 Å². The van der Waals surface area contributed by atoms with Gasteiger partial charge in [0.2, 0.25) is 0 Å². The average molecular weight is 371 g/mol. The van der Waals surface area contributed by atoms with Crippen LogP contribution in [0, 0.1) is 11.7 Å². The lowest BCUT2D eigenvalue weighted by molar-refractivity contribution is 0.0694. The molecule has 0 bridgehead atoms. The molecular formula is C20H22FN3O3. The number of carboxylic acids is 1. The van der Waals surface area contributed by atoms with E-state index in [0.717, 1.165) is 37.9 Å². The predicted octanol–water partition coefficient (Wildman–Crippen LogP) is 2.27. The number of nitrogens with two attached hydrogens (primary N) is 1. The lowest BCUT2D eigenvalue weighted by Gasteiger charge is -2.24. The number of hydrogen-bond donors (Lipinski definition) is 2. The molecule has 1 aromatic heterocycles. The van der Waals surface area contributed by atoms with Crippen molar-refractivity contribution < 1.29 is 14.3 Å². The molecule has 1 saturated heterocycles. The highest BCUT2D eigenvalue weighted by molar-refractivity contribution is 5.96. The van der Waals surface area contributed by atoms with E-state index in [1.165, 1.54) is 16.7 Å². The fourth-order valence-corrected chi connectivity index (χ4v) is 5.03. The first kappa shape index (κ1) is 16.7. The van der Waals surface area contributed by atoms with Gasteiger partial charge >= 0.3 is 5.97 Å². The zero-order chi connectivity index (χ0) is 19.1. The molecule has 2 aliphatic heterocycles. The van der Waals surface area contributed by atoms with Crippen LogP contribution in [0.15, 0.2) is 16.9 Å². The van der Waals surface area contributed by atoms with Gasteiger partial charge in [0.1, 0.15) is 11.4 Å². The van der Waals surface area contributed by atoms with E-state index < -0.39 is 11.5 Å². The minimum Gasteiger partial charge on any atom is -0.477 e. The Kier molecular flexibility index (Phi) is 3.30. The van der Waals surface area contributed by atoms with Gasteiger partial charge < -0.3 is 20.3 Å². The molecule has 0 spiro atoms. The van der Waals surface area contributed by atoms with Gasteiger partial charge in [-0.1, -0.05) is 0 Å². The van der Waals surface area contributed by atoms with Gasteiger partial charge in [-0.15, -0.1) is 0 Å². The Balaban J connectivity index is 1.68. The van der Waals surface area contributed by atoms with Crippen LogP contribution < -0.4 is 16.2 Å². The molecule has 1 aromatic carbocycles. The molecule has 1 saturated carbocycles. The number of rotatable bonds is 3. The minimum absolute atomic E-state index is 0.0891. The summed E-state index contributed by atoms with van der Waals surface area (Å²) in [5.74, 6) is -1.26. The Bertz CT molecular complexity index is 1060. The van der Waals surface area contributed by atoms with Gasteiger partial charge in [-0.25, -0.2) is 9.18 Å². The molecule has 2 atom stereocenters. The second-order valence-corrected chi connectivity index (χ2v) is 8.38. The van der Waals surface area contributed by atoms with Gasteiger partial charge in [0.15, 0.2) is 0 Å². The molecule has 0 radical (unpaired) electrons. The van der Waals surface area contributed by atoms with E-state index in [0.29, 0.717) is 28.9 Å². The molecule has 2 aromatic rings. The Morgan fingerprint density at radius 1 is 1.37 bits per heavy atom. The molecule has 3 N–H and O–H groups in total. The van der Waals surface area contributed by atoms with Crippen LogP contribution in [0.4, 0.5) is 10.1 Å². The van der Waals surface area contributed by atoms with Crippen molar-refractivity contribution in [3.05, 3.63) is 39.4 Å².